The second-order valence-electron chi connectivity index (χ2n) is 3.00. The maximum absolute atomic E-state index is 5.34. The molecule has 0 spiro atoms. The molecule has 0 aromatic carbocycles. The van der Waals surface area contributed by atoms with Crippen LogP contribution in [0.5, 0.6) is 0 Å². The summed E-state index contributed by atoms with van der Waals surface area (Å²) < 4.78 is 6.96. The summed E-state index contributed by atoms with van der Waals surface area (Å²) in [7, 11) is 1.53. The first-order valence-electron chi connectivity index (χ1n) is 4.34. The molecule has 0 amide bonds. The van der Waals surface area contributed by atoms with Crippen molar-refractivity contribution in [2.24, 2.45) is 9.98 Å². The number of aryl methyl sites for hydroxylation is 1. The van der Waals surface area contributed by atoms with Gasteiger partial charge < -0.3 is 4.65 Å². The maximum Gasteiger partial charge on any atom is 0.453 e. The number of nitrogens with zero attached hydrogens (tertiary/aromatic N) is 5. The van der Waals surface area contributed by atoms with Gasteiger partial charge in [0.25, 0.3) is 0 Å². The number of fused-ring (bicyclic) bond motifs is 2. The van der Waals surface area contributed by atoms with Gasteiger partial charge in [-0.25, -0.2) is 14.7 Å². The Balaban J connectivity index is 2.23. The van der Waals surface area contributed by atoms with Gasteiger partial charge >= 0.3 is 7.48 Å². The normalized spacial score (nSPS) is 16.6. The van der Waals surface area contributed by atoms with Crippen LogP contribution in [0.2, 0.25) is 0 Å². The van der Waals surface area contributed by atoms with Gasteiger partial charge in [0.2, 0.25) is 0 Å². The third kappa shape index (κ3) is 1.21. The highest BCUT2D eigenvalue weighted by molar-refractivity contribution is 6.46. The summed E-state index contributed by atoms with van der Waals surface area (Å²) in [5.74, 6) is 4.47. The molecule has 2 aliphatic rings. The summed E-state index contributed by atoms with van der Waals surface area (Å²) in [5.41, 5.74) is 0.624. The number of rotatable bonds is 0. The zero-order chi connectivity index (χ0) is 10.3. The molecule has 2 aliphatic heterocycles. The van der Waals surface area contributed by atoms with E-state index in [9.17, 15) is 0 Å². The summed E-state index contributed by atoms with van der Waals surface area (Å²) in [6.45, 7) is 1.81. The molecule has 7 heteroatoms. The summed E-state index contributed by atoms with van der Waals surface area (Å²) >= 11 is 0. The molecule has 0 unspecified atom stereocenters. The number of hydrogen-bond acceptors (Lipinski definition) is 5. The molecule has 0 fully saturated rings. The van der Waals surface area contributed by atoms with Crippen molar-refractivity contribution < 1.29 is 4.65 Å². The van der Waals surface area contributed by atoms with Gasteiger partial charge in [0.1, 0.15) is 17.9 Å². The van der Waals surface area contributed by atoms with Crippen molar-refractivity contribution in [3.63, 3.8) is 0 Å². The van der Waals surface area contributed by atoms with E-state index in [0.29, 0.717) is 23.1 Å². The molecule has 1 radical (unpaired) electrons. The minimum Gasteiger partial charge on any atom is -0.552 e. The van der Waals surface area contributed by atoms with Gasteiger partial charge in [0.05, 0.1) is 0 Å². The van der Waals surface area contributed by atoms with E-state index in [1.54, 1.807) is 10.8 Å². The Hall–Kier alpha value is -2.14. The SMILES string of the molecule is Cc1nc2n(n1)C1=C(C=C=NC=N1)O[B]2. The lowest BCUT2D eigenvalue weighted by Crippen LogP contribution is -2.33. The van der Waals surface area contributed by atoms with Crippen molar-refractivity contribution in [2.45, 2.75) is 6.92 Å². The molecule has 3 rings (SSSR count). The largest absolute Gasteiger partial charge is 0.552 e. The molecule has 0 atom stereocenters. The number of aromatic nitrogens is 3. The number of allylic oxidation sites excluding steroid dienone is 1. The molecule has 15 heavy (non-hydrogen) atoms. The lowest BCUT2D eigenvalue weighted by atomic mass is 9.99. The Morgan fingerprint density at radius 1 is 1.53 bits per heavy atom. The Kier molecular flexibility index (Phi) is 1.60. The third-order valence-electron chi connectivity index (χ3n) is 1.96. The monoisotopic (exact) mass is 198 g/mol. The van der Waals surface area contributed by atoms with Gasteiger partial charge in [-0.1, -0.05) is 0 Å². The molecule has 0 bridgehead atoms. The molecular formula is C8H5BN5O. The predicted octanol–water partition coefficient (Wildman–Crippen LogP) is -0.745. The molecule has 71 valence electrons. The van der Waals surface area contributed by atoms with Gasteiger partial charge in [0.15, 0.2) is 11.6 Å². The van der Waals surface area contributed by atoms with Crippen LogP contribution >= 0.6 is 0 Å². The zero-order valence-corrected chi connectivity index (χ0v) is 7.88. The van der Waals surface area contributed by atoms with E-state index in [0.717, 1.165) is 0 Å². The molecule has 3 heterocycles. The first-order chi connectivity index (χ1) is 7.34. The highest BCUT2D eigenvalue weighted by Gasteiger charge is 2.23. The van der Waals surface area contributed by atoms with Gasteiger partial charge in [-0.05, 0) is 12.8 Å². The van der Waals surface area contributed by atoms with Crippen LogP contribution in [0.3, 0.4) is 0 Å². The molecule has 6 nitrogen and oxygen atoms in total. The standard InChI is InChI=1S/C8H5BN5O/c1-5-12-8-9-15-6-2-3-10-4-11-7(6)14(8)13-5/h2,4H,1H3. The van der Waals surface area contributed by atoms with Crippen LogP contribution in [0.1, 0.15) is 5.82 Å². The lowest BCUT2D eigenvalue weighted by Gasteiger charge is -2.14. The van der Waals surface area contributed by atoms with Crippen LogP contribution in [-0.2, 0) is 4.65 Å². The molecule has 0 saturated carbocycles. The van der Waals surface area contributed by atoms with E-state index in [1.807, 2.05) is 6.92 Å². The van der Waals surface area contributed by atoms with Crippen LogP contribution in [0.25, 0.3) is 5.82 Å². The summed E-state index contributed by atoms with van der Waals surface area (Å²) in [4.78, 5) is 12.1. The second-order valence-corrected chi connectivity index (χ2v) is 3.00. The van der Waals surface area contributed by atoms with Crippen LogP contribution in [0, 0.1) is 6.92 Å². The summed E-state index contributed by atoms with van der Waals surface area (Å²) in [5, 5.41) is 4.21. The van der Waals surface area contributed by atoms with E-state index in [4.69, 9.17) is 4.65 Å². The van der Waals surface area contributed by atoms with Gasteiger partial charge in [0, 0.05) is 6.08 Å². The quantitative estimate of drug-likeness (QED) is 0.515. The Morgan fingerprint density at radius 3 is 3.40 bits per heavy atom. The fourth-order valence-electron chi connectivity index (χ4n) is 1.37. The van der Waals surface area contributed by atoms with Crippen LogP contribution in [-0.4, -0.2) is 34.5 Å². The van der Waals surface area contributed by atoms with Crippen LogP contribution in [0.15, 0.2) is 21.8 Å². The Labute approximate surface area is 86.0 Å². The van der Waals surface area contributed by atoms with E-state index >= 15 is 0 Å². The average molecular weight is 198 g/mol. The van der Waals surface area contributed by atoms with Crippen molar-refractivity contribution >= 4 is 31.2 Å². The number of hydrogen-bond donors (Lipinski definition) is 0. The molecule has 1 aromatic rings. The van der Waals surface area contributed by atoms with E-state index in [-0.39, 0.29) is 0 Å². The molecule has 0 aliphatic carbocycles. The van der Waals surface area contributed by atoms with Crippen molar-refractivity contribution in [3.8, 4) is 0 Å². The second kappa shape index (κ2) is 2.93. The minimum absolute atomic E-state index is 0.560. The molecule has 0 N–H and O–H groups in total. The topological polar surface area (TPSA) is 64.7 Å². The molecule has 1 aromatic heterocycles. The van der Waals surface area contributed by atoms with Crippen LogP contribution in [0.4, 0.5) is 0 Å². The summed E-state index contributed by atoms with van der Waals surface area (Å²) in [6.07, 6.45) is 3.01. The van der Waals surface area contributed by atoms with Gasteiger partial charge in [-0.3, -0.25) is 0 Å². The summed E-state index contributed by atoms with van der Waals surface area (Å²) in [6, 6.07) is 0. The highest BCUT2D eigenvalue weighted by atomic mass is 16.4. The molecule has 0 saturated heterocycles. The molecular weight excluding hydrogens is 193 g/mol. The van der Waals surface area contributed by atoms with Crippen LogP contribution < -0.4 is 5.72 Å². The first kappa shape index (κ1) is 8.20. The van der Waals surface area contributed by atoms with Crippen molar-refractivity contribution in [1.82, 2.24) is 14.8 Å². The van der Waals surface area contributed by atoms with Gasteiger partial charge in [-0.15, -0.1) is 0 Å². The third-order valence-corrected chi connectivity index (χ3v) is 1.96. The lowest BCUT2D eigenvalue weighted by molar-refractivity contribution is 0.469. The Bertz CT molecular complexity index is 549. The van der Waals surface area contributed by atoms with E-state index < -0.39 is 0 Å². The van der Waals surface area contributed by atoms with E-state index in [1.165, 1.54) is 13.8 Å². The van der Waals surface area contributed by atoms with Crippen molar-refractivity contribution in [1.29, 1.82) is 0 Å². The zero-order valence-electron chi connectivity index (χ0n) is 7.88. The van der Waals surface area contributed by atoms with Gasteiger partial charge in [-0.2, -0.15) is 10.1 Å². The minimum atomic E-state index is 0.560. The van der Waals surface area contributed by atoms with E-state index in [2.05, 4.69) is 25.9 Å². The fourth-order valence-corrected chi connectivity index (χ4v) is 1.37. The highest BCUT2D eigenvalue weighted by Crippen LogP contribution is 2.16. The first-order valence-corrected chi connectivity index (χ1v) is 4.34. The van der Waals surface area contributed by atoms with Crippen molar-refractivity contribution in [3.05, 3.63) is 17.7 Å². The van der Waals surface area contributed by atoms with Crippen molar-refractivity contribution in [2.75, 3.05) is 0 Å². The Morgan fingerprint density at radius 2 is 2.47 bits per heavy atom. The fraction of sp³-hybridized carbons (Fsp3) is 0.125. The number of aliphatic imine (C=N–C) groups is 2. The maximum atomic E-state index is 5.34. The smallest absolute Gasteiger partial charge is 0.453 e. The average Bonchev–Trinajstić information content (AvgIpc) is 2.48. The predicted molar refractivity (Wildman–Crippen MR) is 54.9 cm³/mol.